The molecular weight excluding hydrogens is 274 g/mol. The maximum atomic E-state index is 13.3. The molecule has 0 aliphatic carbocycles. The Morgan fingerprint density at radius 3 is 2.39 bits per heavy atom. The molecule has 1 aromatic rings. The van der Waals surface area contributed by atoms with Gasteiger partial charge >= 0.3 is 6.18 Å². The van der Waals surface area contributed by atoms with Crippen LogP contribution in [-0.4, -0.2) is 36.0 Å². The fourth-order valence-electron chi connectivity index (χ4n) is 1.38. The Morgan fingerprint density at radius 1 is 1.28 bits per heavy atom. The minimum atomic E-state index is -4.55. The Morgan fingerprint density at radius 2 is 1.89 bits per heavy atom. The summed E-state index contributed by atoms with van der Waals surface area (Å²) in [6.45, 7) is -1.75. The normalized spacial score (nSPS) is 11.4. The second-order valence-electron chi connectivity index (χ2n) is 3.51. The van der Waals surface area contributed by atoms with Crippen LogP contribution < -0.4 is 0 Å². The van der Waals surface area contributed by atoms with Crippen molar-refractivity contribution < 1.29 is 22.4 Å². The predicted molar refractivity (Wildman–Crippen MR) is 59.1 cm³/mol. The third-order valence-electron chi connectivity index (χ3n) is 2.12. The summed E-state index contributed by atoms with van der Waals surface area (Å²) in [6.07, 6.45) is -4.55. The number of carbonyl (C=O) groups is 1. The van der Waals surface area contributed by atoms with Crippen molar-refractivity contribution >= 4 is 17.5 Å². The van der Waals surface area contributed by atoms with Gasteiger partial charge in [0, 0.05) is 12.4 Å². The topological polar surface area (TPSA) is 20.3 Å². The third kappa shape index (κ3) is 4.18. The molecule has 0 saturated heterocycles. The van der Waals surface area contributed by atoms with E-state index in [1.165, 1.54) is 12.1 Å². The number of rotatable bonds is 4. The van der Waals surface area contributed by atoms with Gasteiger partial charge in [0.2, 0.25) is 0 Å². The quantitative estimate of drug-likeness (QED) is 0.614. The first-order valence-corrected chi connectivity index (χ1v) is 5.55. The average Bonchev–Trinajstić information content (AvgIpc) is 2.26. The lowest BCUT2D eigenvalue weighted by atomic mass is 10.2. The Hall–Kier alpha value is -1.30. The molecule has 18 heavy (non-hydrogen) atoms. The van der Waals surface area contributed by atoms with Crippen molar-refractivity contribution in [3.8, 4) is 0 Å². The zero-order valence-electron chi connectivity index (χ0n) is 9.18. The molecule has 0 saturated carbocycles. The van der Waals surface area contributed by atoms with Crippen LogP contribution >= 0.6 is 11.6 Å². The second-order valence-corrected chi connectivity index (χ2v) is 3.89. The van der Waals surface area contributed by atoms with E-state index in [0.717, 1.165) is 12.1 Å². The van der Waals surface area contributed by atoms with Crippen molar-refractivity contribution in [2.24, 2.45) is 0 Å². The lowest BCUT2D eigenvalue weighted by molar-refractivity contribution is -0.140. The summed E-state index contributed by atoms with van der Waals surface area (Å²) >= 11 is 5.34. The molecule has 0 atom stereocenters. The van der Waals surface area contributed by atoms with Crippen molar-refractivity contribution in [2.45, 2.75) is 6.18 Å². The summed E-state index contributed by atoms with van der Waals surface area (Å²) < 4.78 is 50.1. The molecular formula is C11H10ClF4NO. The largest absolute Gasteiger partial charge is 0.406 e. The van der Waals surface area contributed by atoms with E-state index in [1.807, 2.05) is 0 Å². The van der Waals surface area contributed by atoms with E-state index in [2.05, 4.69) is 0 Å². The minimum absolute atomic E-state index is 0.156. The maximum Gasteiger partial charge on any atom is 0.406 e. The highest BCUT2D eigenvalue weighted by Crippen LogP contribution is 2.19. The van der Waals surface area contributed by atoms with Gasteiger partial charge < -0.3 is 4.90 Å². The van der Waals surface area contributed by atoms with E-state index >= 15 is 0 Å². The molecule has 0 fully saturated rings. The van der Waals surface area contributed by atoms with Gasteiger partial charge in [-0.2, -0.15) is 13.2 Å². The van der Waals surface area contributed by atoms with Crippen LogP contribution in [-0.2, 0) is 0 Å². The van der Waals surface area contributed by atoms with Crippen molar-refractivity contribution in [3.63, 3.8) is 0 Å². The number of nitrogens with zero attached hydrogens (tertiary/aromatic N) is 1. The highest BCUT2D eigenvalue weighted by atomic mass is 35.5. The number of hydrogen-bond donors (Lipinski definition) is 0. The highest BCUT2D eigenvalue weighted by Gasteiger charge is 2.33. The van der Waals surface area contributed by atoms with Gasteiger partial charge in [-0.05, 0) is 12.1 Å². The van der Waals surface area contributed by atoms with E-state index in [9.17, 15) is 22.4 Å². The van der Waals surface area contributed by atoms with Crippen molar-refractivity contribution in [3.05, 3.63) is 35.6 Å². The number of carbonyl (C=O) groups excluding carboxylic acids is 1. The Bertz CT molecular complexity index is 422. The smallest absolute Gasteiger partial charge is 0.328 e. The van der Waals surface area contributed by atoms with Gasteiger partial charge in [0.1, 0.15) is 12.4 Å². The lowest BCUT2D eigenvalue weighted by Gasteiger charge is -2.23. The van der Waals surface area contributed by atoms with Gasteiger partial charge in [0.15, 0.2) is 0 Å². The van der Waals surface area contributed by atoms with Gasteiger partial charge in [-0.25, -0.2) is 4.39 Å². The molecule has 1 amide bonds. The molecule has 0 aliphatic heterocycles. The monoisotopic (exact) mass is 283 g/mol. The third-order valence-corrected chi connectivity index (χ3v) is 2.29. The molecule has 0 heterocycles. The van der Waals surface area contributed by atoms with Gasteiger partial charge in [-0.3, -0.25) is 4.79 Å². The fraction of sp³-hybridized carbons (Fsp3) is 0.364. The maximum absolute atomic E-state index is 13.3. The highest BCUT2D eigenvalue weighted by molar-refractivity contribution is 6.18. The molecule has 2 nitrogen and oxygen atoms in total. The summed E-state index contributed by atoms with van der Waals surface area (Å²) in [7, 11) is 0. The van der Waals surface area contributed by atoms with Gasteiger partial charge in [-0.15, -0.1) is 11.6 Å². The molecule has 100 valence electrons. The first-order valence-electron chi connectivity index (χ1n) is 5.01. The molecule has 0 bridgehead atoms. The van der Waals surface area contributed by atoms with Crippen LogP contribution in [0, 0.1) is 5.82 Å². The molecule has 1 rings (SSSR count). The van der Waals surface area contributed by atoms with Crippen LogP contribution in [0.1, 0.15) is 10.4 Å². The van der Waals surface area contributed by atoms with Crippen LogP contribution in [0.15, 0.2) is 24.3 Å². The first-order chi connectivity index (χ1) is 8.35. The zero-order chi connectivity index (χ0) is 13.8. The molecule has 0 aromatic heterocycles. The second kappa shape index (κ2) is 6.04. The fourth-order valence-corrected chi connectivity index (χ4v) is 1.58. The Balaban J connectivity index is 2.93. The zero-order valence-corrected chi connectivity index (χ0v) is 9.93. The first kappa shape index (κ1) is 14.8. The molecule has 0 spiro atoms. The minimum Gasteiger partial charge on any atom is -0.328 e. The average molecular weight is 284 g/mol. The Labute approximate surface area is 106 Å². The standard InChI is InChI=1S/C11H10ClF4NO/c12-5-6-17(7-11(14,15)16)10(18)8-3-1-2-4-9(8)13/h1-4H,5-7H2. The Kier molecular flexibility index (Phi) is 4.95. The van der Waals surface area contributed by atoms with Crippen LogP contribution in [0.25, 0.3) is 0 Å². The molecule has 0 unspecified atom stereocenters. The molecule has 0 aliphatic rings. The number of halogens is 5. The van der Waals surface area contributed by atoms with E-state index < -0.39 is 30.0 Å². The number of benzene rings is 1. The molecule has 0 N–H and O–H groups in total. The SMILES string of the molecule is O=C(c1ccccc1F)N(CCCl)CC(F)(F)F. The molecule has 0 radical (unpaired) electrons. The van der Waals surface area contributed by atoms with Crippen LogP contribution in [0.4, 0.5) is 17.6 Å². The van der Waals surface area contributed by atoms with E-state index in [1.54, 1.807) is 0 Å². The summed E-state index contributed by atoms with van der Waals surface area (Å²) in [4.78, 5) is 12.2. The summed E-state index contributed by atoms with van der Waals surface area (Å²) in [5.74, 6) is -2.04. The van der Waals surface area contributed by atoms with Crippen LogP contribution in [0.5, 0.6) is 0 Å². The van der Waals surface area contributed by atoms with Gasteiger partial charge in [-0.1, -0.05) is 12.1 Å². The van der Waals surface area contributed by atoms with Gasteiger partial charge in [0.25, 0.3) is 5.91 Å². The van der Waals surface area contributed by atoms with E-state index in [4.69, 9.17) is 11.6 Å². The number of amides is 1. The van der Waals surface area contributed by atoms with Crippen molar-refractivity contribution in [1.82, 2.24) is 4.90 Å². The molecule has 7 heteroatoms. The molecule has 1 aromatic carbocycles. The summed E-state index contributed by atoms with van der Waals surface area (Å²) in [5.41, 5.74) is -0.396. The van der Waals surface area contributed by atoms with Crippen LogP contribution in [0.2, 0.25) is 0 Å². The summed E-state index contributed by atoms with van der Waals surface area (Å²) in [6, 6.07) is 4.87. The van der Waals surface area contributed by atoms with E-state index in [0.29, 0.717) is 4.90 Å². The van der Waals surface area contributed by atoms with Gasteiger partial charge in [0.05, 0.1) is 5.56 Å². The van der Waals surface area contributed by atoms with Crippen LogP contribution in [0.3, 0.4) is 0 Å². The lowest BCUT2D eigenvalue weighted by Crippen LogP contribution is -2.40. The predicted octanol–water partition coefficient (Wildman–Crippen LogP) is 3.07. The number of alkyl halides is 4. The van der Waals surface area contributed by atoms with Crippen molar-refractivity contribution in [2.75, 3.05) is 19.0 Å². The summed E-state index contributed by atoms with van der Waals surface area (Å²) in [5, 5.41) is 0. The van der Waals surface area contributed by atoms with Crippen molar-refractivity contribution in [1.29, 1.82) is 0 Å². The van der Waals surface area contributed by atoms with E-state index in [-0.39, 0.29) is 12.4 Å². The number of hydrogen-bond acceptors (Lipinski definition) is 1.